The molecule has 3 rings (SSSR count). The Bertz CT molecular complexity index is 927. The summed E-state index contributed by atoms with van der Waals surface area (Å²) in [5.41, 5.74) is 3.25. The van der Waals surface area contributed by atoms with E-state index in [9.17, 15) is 19.7 Å². The van der Waals surface area contributed by atoms with E-state index in [1.54, 1.807) is 0 Å². The number of halogens is 1. The molecule has 1 heterocycles. The molecule has 0 aromatic heterocycles. The molecule has 0 radical (unpaired) electrons. The van der Waals surface area contributed by atoms with Crippen LogP contribution in [0.4, 0.5) is 17.1 Å². The highest BCUT2D eigenvalue weighted by Gasteiger charge is 2.35. The van der Waals surface area contributed by atoms with Crippen LogP contribution in [-0.2, 0) is 9.59 Å². The molecule has 27 heavy (non-hydrogen) atoms. The van der Waals surface area contributed by atoms with E-state index in [1.165, 1.54) is 29.2 Å². The summed E-state index contributed by atoms with van der Waals surface area (Å²) in [6.07, 6.45) is 0.109. The zero-order valence-corrected chi connectivity index (χ0v) is 16.4. The summed E-state index contributed by atoms with van der Waals surface area (Å²) in [5, 5.41) is 13.7. The van der Waals surface area contributed by atoms with E-state index < -0.39 is 10.8 Å². The van der Waals surface area contributed by atoms with E-state index in [-0.39, 0.29) is 30.5 Å². The Kier molecular flexibility index (Phi) is 5.27. The minimum absolute atomic E-state index is 0.0410. The van der Waals surface area contributed by atoms with Gasteiger partial charge in [0.2, 0.25) is 11.8 Å². The number of nitrogens with one attached hydrogen (secondary N) is 1. The van der Waals surface area contributed by atoms with E-state index in [0.29, 0.717) is 5.69 Å². The molecule has 0 unspecified atom stereocenters. The summed E-state index contributed by atoms with van der Waals surface area (Å²) in [6, 6.07) is 9.46. The highest BCUT2D eigenvalue weighted by atomic mass is 79.9. The molecule has 1 saturated heterocycles. The zero-order valence-electron chi connectivity index (χ0n) is 14.9. The maximum Gasteiger partial charge on any atom is 0.269 e. The van der Waals surface area contributed by atoms with Gasteiger partial charge < -0.3 is 10.2 Å². The van der Waals surface area contributed by atoms with Crippen LogP contribution >= 0.6 is 15.9 Å². The summed E-state index contributed by atoms with van der Waals surface area (Å²) < 4.78 is 0.971. The average Bonchev–Trinajstić information content (AvgIpc) is 3.04. The fourth-order valence-electron chi connectivity index (χ4n) is 3.04. The van der Waals surface area contributed by atoms with Crippen LogP contribution in [0, 0.1) is 29.9 Å². The van der Waals surface area contributed by atoms with Gasteiger partial charge in [0.05, 0.1) is 10.8 Å². The number of amides is 2. The van der Waals surface area contributed by atoms with E-state index >= 15 is 0 Å². The lowest BCUT2D eigenvalue weighted by molar-refractivity contribution is -0.384. The number of nitro groups is 1. The van der Waals surface area contributed by atoms with Gasteiger partial charge in [0, 0.05) is 40.9 Å². The molecule has 1 N–H and O–H groups in total. The Morgan fingerprint density at radius 1 is 1.19 bits per heavy atom. The molecule has 2 aromatic carbocycles. The average molecular weight is 432 g/mol. The fraction of sp³-hybridized carbons (Fsp3) is 0.263. The summed E-state index contributed by atoms with van der Waals surface area (Å²) in [4.78, 5) is 36.7. The van der Waals surface area contributed by atoms with Crippen LogP contribution in [0.1, 0.15) is 17.5 Å². The minimum atomic E-state index is -0.492. The van der Waals surface area contributed by atoms with Crippen LogP contribution < -0.4 is 10.2 Å². The Morgan fingerprint density at radius 3 is 2.48 bits per heavy atom. The number of anilines is 2. The molecule has 0 bridgehead atoms. The van der Waals surface area contributed by atoms with Crippen LogP contribution in [-0.4, -0.2) is 23.3 Å². The Hall–Kier alpha value is -2.74. The molecule has 2 amide bonds. The van der Waals surface area contributed by atoms with Gasteiger partial charge in [-0.25, -0.2) is 0 Å². The Balaban J connectivity index is 1.72. The van der Waals surface area contributed by atoms with Crippen LogP contribution in [0.3, 0.4) is 0 Å². The second-order valence-electron chi connectivity index (χ2n) is 6.51. The van der Waals surface area contributed by atoms with Crippen molar-refractivity contribution < 1.29 is 14.5 Å². The number of hydrogen-bond acceptors (Lipinski definition) is 4. The molecule has 2 aromatic rings. The summed E-state index contributed by atoms with van der Waals surface area (Å²) in [6.45, 7) is 4.14. The first-order valence-corrected chi connectivity index (χ1v) is 9.18. The van der Waals surface area contributed by atoms with Crippen LogP contribution in [0.5, 0.6) is 0 Å². The van der Waals surface area contributed by atoms with Crippen LogP contribution in [0.15, 0.2) is 40.9 Å². The highest BCUT2D eigenvalue weighted by Crippen LogP contribution is 2.29. The van der Waals surface area contributed by atoms with Gasteiger partial charge in [0.25, 0.3) is 5.69 Å². The van der Waals surface area contributed by atoms with Gasteiger partial charge in [-0.1, -0.05) is 15.9 Å². The van der Waals surface area contributed by atoms with Gasteiger partial charge in [0.15, 0.2) is 0 Å². The van der Waals surface area contributed by atoms with Crippen molar-refractivity contribution in [3.8, 4) is 0 Å². The zero-order chi connectivity index (χ0) is 19.7. The molecule has 0 aliphatic carbocycles. The van der Waals surface area contributed by atoms with E-state index in [1.807, 2.05) is 26.0 Å². The van der Waals surface area contributed by atoms with Gasteiger partial charge in [-0.3, -0.25) is 19.7 Å². The summed E-state index contributed by atoms with van der Waals surface area (Å²) in [5.74, 6) is -0.860. The van der Waals surface area contributed by atoms with E-state index in [0.717, 1.165) is 21.3 Å². The maximum atomic E-state index is 12.6. The normalized spacial score (nSPS) is 16.5. The largest absolute Gasteiger partial charge is 0.326 e. The van der Waals surface area contributed by atoms with Crippen molar-refractivity contribution >= 4 is 44.8 Å². The first-order valence-electron chi connectivity index (χ1n) is 8.39. The van der Waals surface area contributed by atoms with Crippen molar-refractivity contribution in [3.63, 3.8) is 0 Å². The second kappa shape index (κ2) is 7.48. The standard InChI is InChI=1S/C19H18BrN3O4/c1-11-12(2)17(8-7-16(11)20)21-19(25)13-9-18(24)22(10-13)14-3-5-15(6-4-14)23(26)27/h3-8,13H,9-10H2,1-2H3,(H,21,25)/t13-/m1/s1. The monoisotopic (exact) mass is 431 g/mol. The van der Waals surface area contributed by atoms with Crippen molar-refractivity contribution in [2.45, 2.75) is 20.3 Å². The summed E-state index contributed by atoms with van der Waals surface area (Å²) >= 11 is 3.46. The number of carbonyl (C=O) groups excluding carboxylic acids is 2. The molecule has 8 heteroatoms. The molecule has 1 aliphatic heterocycles. The highest BCUT2D eigenvalue weighted by molar-refractivity contribution is 9.10. The molecule has 0 saturated carbocycles. The third-order valence-corrected chi connectivity index (χ3v) is 5.71. The van der Waals surface area contributed by atoms with Gasteiger partial charge in [-0.15, -0.1) is 0 Å². The smallest absolute Gasteiger partial charge is 0.269 e. The van der Waals surface area contributed by atoms with Crippen molar-refractivity contribution in [1.82, 2.24) is 0 Å². The van der Waals surface area contributed by atoms with E-state index in [2.05, 4.69) is 21.2 Å². The number of hydrogen-bond donors (Lipinski definition) is 1. The Morgan fingerprint density at radius 2 is 1.85 bits per heavy atom. The van der Waals surface area contributed by atoms with Gasteiger partial charge in [-0.2, -0.15) is 0 Å². The topological polar surface area (TPSA) is 92.6 Å². The molecule has 1 atom stereocenters. The number of benzene rings is 2. The third kappa shape index (κ3) is 3.85. The SMILES string of the molecule is Cc1c(Br)ccc(NC(=O)[C@@H]2CC(=O)N(c3ccc([N+](=O)[O-])cc3)C2)c1C. The first kappa shape index (κ1) is 19.0. The molecule has 0 spiro atoms. The lowest BCUT2D eigenvalue weighted by atomic mass is 10.1. The molecule has 7 nitrogen and oxygen atoms in total. The van der Waals surface area contributed by atoms with Crippen molar-refractivity contribution in [2.24, 2.45) is 5.92 Å². The molecule has 1 aliphatic rings. The van der Waals surface area contributed by atoms with Crippen molar-refractivity contribution in [2.75, 3.05) is 16.8 Å². The number of nitrogens with zero attached hydrogens (tertiary/aromatic N) is 2. The van der Waals surface area contributed by atoms with Crippen LogP contribution in [0.25, 0.3) is 0 Å². The predicted octanol–water partition coefficient (Wildman–Crippen LogP) is 3.97. The van der Waals surface area contributed by atoms with Crippen molar-refractivity contribution in [1.29, 1.82) is 0 Å². The number of rotatable bonds is 4. The Labute approximate surface area is 164 Å². The predicted molar refractivity (Wildman–Crippen MR) is 106 cm³/mol. The first-order chi connectivity index (χ1) is 12.8. The molecular weight excluding hydrogens is 414 g/mol. The molecular formula is C19H18BrN3O4. The number of nitro benzene ring substituents is 1. The van der Waals surface area contributed by atoms with Gasteiger partial charge in [0.1, 0.15) is 0 Å². The number of carbonyl (C=O) groups is 2. The number of non-ortho nitro benzene ring substituents is 1. The summed E-state index contributed by atoms with van der Waals surface area (Å²) in [7, 11) is 0. The molecule has 140 valence electrons. The maximum absolute atomic E-state index is 12.6. The minimum Gasteiger partial charge on any atom is -0.326 e. The van der Waals surface area contributed by atoms with Gasteiger partial charge >= 0.3 is 0 Å². The molecule has 1 fully saturated rings. The van der Waals surface area contributed by atoms with Crippen molar-refractivity contribution in [3.05, 3.63) is 62.1 Å². The van der Waals surface area contributed by atoms with E-state index in [4.69, 9.17) is 0 Å². The fourth-order valence-corrected chi connectivity index (χ4v) is 3.47. The lowest BCUT2D eigenvalue weighted by Gasteiger charge is -2.17. The lowest BCUT2D eigenvalue weighted by Crippen LogP contribution is -2.28. The third-order valence-electron chi connectivity index (χ3n) is 4.85. The second-order valence-corrected chi connectivity index (χ2v) is 7.37. The van der Waals surface area contributed by atoms with Gasteiger partial charge in [-0.05, 0) is 49.2 Å². The van der Waals surface area contributed by atoms with Crippen LogP contribution in [0.2, 0.25) is 0 Å². The quantitative estimate of drug-likeness (QED) is 0.585.